The first kappa shape index (κ1) is 17.4. The molecule has 1 fully saturated rings. The van der Waals surface area contributed by atoms with E-state index in [1.54, 1.807) is 0 Å². The quantitative estimate of drug-likeness (QED) is 0.714. The van der Waals surface area contributed by atoms with Crippen LogP contribution >= 0.6 is 0 Å². The van der Waals surface area contributed by atoms with E-state index in [1.807, 2.05) is 0 Å². The maximum Gasteiger partial charge on any atom is 0.227 e. The molecule has 20 heavy (non-hydrogen) atoms. The molecule has 0 radical (unpaired) electrons. The number of hydrogen-bond donors (Lipinski definition) is 2. The van der Waals surface area contributed by atoms with Gasteiger partial charge in [0.1, 0.15) is 0 Å². The second kappa shape index (κ2) is 7.99. The van der Waals surface area contributed by atoms with Gasteiger partial charge in [-0.2, -0.15) is 0 Å². The number of nitrogens with one attached hydrogen (secondary N) is 2. The smallest absolute Gasteiger partial charge is 0.227 e. The zero-order valence-corrected chi connectivity index (χ0v) is 14.0. The standard InChI is InChI=1S/C16H33N3O/c1-6-7-16(8-9-17-12-16)15(20)18-14(10-13(2)3)11-19(4)5/h13-14,17H,6-12H2,1-5H3,(H,18,20). The fourth-order valence-electron chi connectivity index (χ4n) is 3.27. The Morgan fingerprint density at radius 1 is 1.40 bits per heavy atom. The topological polar surface area (TPSA) is 44.4 Å². The van der Waals surface area contributed by atoms with Crippen LogP contribution in [0.25, 0.3) is 0 Å². The van der Waals surface area contributed by atoms with E-state index in [2.05, 4.69) is 50.4 Å². The zero-order valence-electron chi connectivity index (χ0n) is 14.0. The van der Waals surface area contributed by atoms with Crippen molar-refractivity contribution < 1.29 is 4.79 Å². The Morgan fingerprint density at radius 3 is 2.55 bits per heavy atom. The Bertz CT molecular complexity index is 286. The van der Waals surface area contributed by atoms with E-state index >= 15 is 0 Å². The van der Waals surface area contributed by atoms with Gasteiger partial charge in [0, 0.05) is 19.1 Å². The third kappa shape index (κ3) is 5.06. The second-order valence-electron chi connectivity index (χ2n) is 7.02. The van der Waals surface area contributed by atoms with E-state index in [1.165, 1.54) is 0 Å². The van der Waals surface area contributed by atoms with Crippen molar-refractivity contribution in [3.05, 3.63) is 0 Å². The summed E-state index contributed by atoms with van der Waals surface area (Å²) in [5.74, 6) is 0.862. The van der Waals surface area contributed by atoms with Gasteiger partial charge in [0.05, 0.1) is 5.41 Å². The molecule has 1 aliphatic heterocycles. The van der Waals surface area contributed by atoms with Crippen molar-refractivity contribution in [3.8, 4) is 0 Å². The van der Waals surface area contributed by atoms with Crippen molar-refractivity contribution in [2.45, 2.75) is 52.5 Å². The van der Waals surface area contributed by atoms with Gasteiger partial charge in [0.15, 0.2) is 0 Å². The Kier molecular flexibility index (Phi) is 6.96. The van der Waals surface area contributed by atoms with Crippen LogP contribution < -0.4 is 10.6 Å². The van der Waals surface area contributed by atoms with Gasteiger partial charge in [-0.15, -0.1) is 0 Å². The minimum atomic E-state index is -0.170. The van der Waals surface area contributed by atoms with Gasteiger partial charge in [0.25, 0.3) is 0 Å². The fraction of sp³-hybridized carbons (Fsp3) is 0.938. The molecular weight excluding hydrogens is 250 g/mol. The van der Waals surface area contributed by atoms with E-state index in [9.17, 15) is 4.79 Å². The Hall–Kier alpha value is -0.610. The number of nitrogens with zero attached hydrogens (tertiary/aromatic N) is 1. The molecule has 4 nitrogen and oxygen atoms in total. The van der Waals surface area contributed by atoms with Crippen molar-refractivity contribution in [2.24, 2.45) is 11.3 Å². The summed E-state index contributed by atoms with van der Waals surface area (Å²) in [4.78, 5) is 14.9. The van der Waals surface area contributed by atoms with Crippen LogP contribution in [-0.4, -0.2) is 50.6 Å². The molecule has 1 aliphatic rings. The minimum absolute atomic E-state index is 0.170. The zero-order chi connectivity index (χ0) is 15.2. The van der Waals surface area contributed by atoms with Crippen LogP contribution in [0.5, 0.6) is 0 Å². The molecule has 0 aromatic rings. The summed E-state index contributed by atoms with van der Waals surface area (Å²) in [5.41, 5.74) is -0.170. The molecule has 0 aromatic heterocycles. The highest BCUT2D eigenvalue weighted by molar-refractivity contribution is 5.83. The van der Waals surface area contributed by atoms with Gasteiger partial charge in [-0.1, -0.05) is 27.2 Å². The van der Waals surface area contributed by atoms with Crippen LogP contribution in [0.3, 0.4) is 0 Å². The Labute approximate surface area is 124 Å². The molecule has 0 aliphatic carbocycles. The third-order valence-corrected chi connectivity index (χ3v) is 4.13. The van der Waals surface area contributed by atoms with Crippen molar-refractivity contribution in [1.82, 2.24) is 15.5 Å². The summed E-state index contributed by atoms with van der Waals surface area (Å²) in [6.45, 7) is 9.32. The summed E-state index contributed by atoms with van der Waals surface area (Å²) in [7, 11) is 4.14. The second-order valence-corrected chi connectivity index (χ2v) is 7.02. The maximum absolute atomic E-state index is 12.8. The summed E-state index contributed by atoms with van der Waals surface area (Å²) in [5, 5.41) is 6.69. The van der Waals surface area contributed by atoms with Crippen LogP contribution in [0.4, 0.5) is 0 Å². The van der Waals surface area contributed by atoms with Crippen molar-refractivity contribution in [3.63, 3.8) is 0 Å². The summed E-state index contributed by atoms with van der Waals surface area (Å²) in [6.07, 6.45) is 4.07. The van der Waals surface area contributed by atoms with Crippen LogP contribution in [-0.2, 0) is 4.79 Å². The third-order valence-electron chi connectivity index (χ3n) is 4.13. The number of amides is 1. The molecule has 118 valence electrons. The lowest BCUT2D eigenvalue weighted by Gasteiger charge is -2.31. The lowest BCUT2D eigenvalue weighted by Crippen LogP contribution is -2.50. The first-order valence-corrected chi connectivity index (χ1v) is 8.06. The van der Waals surface area contributed by atoms with Crippen LogP contribution in [0, 0.1) is 11.3 Å². The van der Waals surface area contributed by atoms with E-state index < -0.39 is 0 Å². The van der Waals surface area contributed by atoms with E-state index in [0.29, 0.717) is 5.92 Å². The summed E-state index contributed by atoms with van der Waals surface area (Å²) < 4.78 is 0. The molecule has 1 saturated heterocycles. The van der Waals surface area contributed by atoms with Gasteiger partial charge in [-0.25, -0.2) is 0 Å². The summed E-state index contributed by atoms with van der Waals surface area (Å²) in [6, 6.07) is 0.256. The lowest BCUT2D eigenvalue weighted by molar-refractivity contribution is -0.131. The number of carbonyl (C=O) groups is 1. The van der Waals surface area contributed by atoms with Gasteiger partial charge < -0.3 is 15.5 Å². The molecule has 4 heteroatoms. The monoisotopic (exact) mass is 283 g/mol. The van der Waals surface area contributed by atoms with Crippen molar-refractivity contribution in [2.75, 3.05) is 33.7 Å². The van der Waals surface area contributed by atoms with Gasteiger partial charge in [0.2, 0.25) is 5.91 Å². The highest BCUT2D eigenvalue weighted by Crippen LogP contribution is 2.31. The van der Waals surface area contributed by atoms with Gasteiger partial charge >= 0.3 is 0 Å². The van der Waals surface area contributed by atoms with Gasteiger partial charge in [-0.05, 0) is 45.8 Å². The maximum atomic E-state index is 12.8. The number of carbonyl (C=O) groups excluding carboxylic acids is 1. The molecule has 2 N–H and O–H groups in total. The van der Waals surface area contributed by atoms with Crippen LogP contribution in [0.1, 0.15) is 46.5 Å². The Balaban J connectivity index is 2.67. The molecule has 2 unspecified atom stereocenters. The predicted molar refractivity (Wildman–Crippen MR) is 84.8 cm³/mol. The minimum Gasteiger partial charge on any atom is -0.352 e. The lowest BCUT2D eigenvalue weighted by atomic mass is 9.81. The molecule has 0 aromatic carbocycles. The number of likely N-dealkylation sites (N-methyl/N-ethyl adjacent to an activating group) is 1. The number of rotatable bonds is 8. The van der Waals surface area contributed by atoms with Crippen molar-refractivity contribution in [1.29, 1.82) is 0 Å². The molecule has 1 rings (SSSR count). The molecule has 0 spiro atoms. The van der Waals surface area contributed by atoms with E-state index in [0.717, 1.165) is 45.3 Å². The SMILES string of the molecule is CCCC1(C(=O)NC(CC(C)C)CN(C)C)CCNC1. The highest BCUT2D eigenvalue weighted by Gasteiger charge is 2.40. The predicted octanol–water partition coefficient (Wildman–Crippen LogP) is 1.86. The average molecular weight is 283 g/mol. The van der Waals surface area contributed by atoms with Crippen molar-refractivity contribution >= 4 is 5.91 Å². The molecule has 1 heterocycles. The molecular formula is C16H33N3O. The molecule has 0 saturated carbocycles. The largest absolute Gasteiger partial charge is 0.352 e. The summed E-state index contributed by atoms with van der Waals surface area (Å²) >= 11 is 0. The Morgan fingerprint density at radius 2 is 2.10 bits per heavy atom. The average Bonchev–Trinajstić information content (AvgIpc) is 2.77. The first-order chi connectivity index (χ1) is 9.39. The van der Waals surface area contributed by atoms with Crippen LogP contribution in [0.2, 0.25) is 0 Å². The highest BCUT2D eigenvalue weighted by atomic mass is 16.2. The van der Waals surface area contributed by atoms with Gasteiger partial charge in [-0.3, -0.25) is 4.79 Å². The van der Waals surface area contributed by atoms with Crippen LogP contribution in [0.15, 0.2) is 0 Å². The normalized spacial score (nSPS) is 24.4. The molecule has 1 amide bonds. The molecule has 2 atom stereocenters. The molecule has 0 bridgehead atoms. The number of hydrogen-bond acceptors (Lipinski definition) is 3. The van der Waals surface area contributed by atoms with E-state index in [-0.39, 0.29) is 17.4 Å². The van der Waals surface area contributed by atoms with E-state index in [4.69, 9.17) is 0 Å². The fourth-order valence-corrected chi connectivity index (χ4v) is 3.27. The first-order valence-electron chi connectivity index (χ1n) is 8.06.